The van der Waals surface area contributed by atoms with Gasteiger partial charge in [0.15, 0.2) is 0 Å². The van der Waals surface area contributed by atoms with Crippen molar-refractivity contribution in [2.75, 3.05) is 33.2 Å². The van der Waals surface area contributed by atoms with Gasteiger partial charge in [-0.05, 0) is 38.1 Å². The summed E-state index contributed by atoms with van der Waals surface area (Å²) < 4.78 is 5.19. The number of nitrogens with zero attached hydrogens (tertiary/aromatic N) is 7. The molecule has 0 unspecified atom stereocenters. The lowest BCUT2D eigenvalue weighted by molar-refractivity contribution is 0.0661. The molecule has 1 fully saturated rings. The van der Waals surface area contributed by atoms with Crippen LogP contribution in [0.4, 0.5) is 0 Å². The second kappa shape index (κ2) is 8.86. The lowest BCUT2D eigenvalue weighted by Crippen LogP contribution is -2.48. The molecule has 0 bridgehead atoms. The van der Waals surface area contributed by atoms with Gasteiger partial charge in [-0.1, -0.05) is 6.07 Å². The number of hydrogen-bond acceptors (Lipinski definition) is 6. The Bertz CT molecular complexity index is 1480. The van der Waals surface area contributed by atoms with Crippen molar-refractivity contribution in [1.82, 2.24) is 33.3 Å². The second-order valence-electron chi connectivity index (χ2n) is 8.85. The Kier molecular flexibility index (Phi) is 5.74. The van der Waals surface area contributed by atoms with Crippen LogP contribution < -0.4 is 11.0 Å². The summed E-state index contributed by atoms with van der Waals surface area (Å²) in [5, 5.41) is 9.29. The molecule has 176 valence electrons. The van der Waals surface area contributed by atoms with Gasteiger partial charge in [-0.25, -0.2) is 9.97 Å². The average Bonchev–Trinajstić information content (AvgIpc) is 3.35. The van der Waals surface area contributed by atoms with Crippen LogP contribution in [0.5, 0.6) is 0 Å². The molecule has 0 aliphatic carbocycles. The third-order valence-corrected chi connectivity index (χ3v) is 6.51. The first-order chi connectivity index (χ1) is 16.4. The van der Waals surface area contributed by atoms with Gasteiger partial charge in [0.25, 0.3) is 11.5 Å². The van der Waals surface area contributed by atoms with Gasteiger partial charge >= 0.3 is 0 Å². The summed E-state index contributed by atoms with van der Waals surface area (Å²) in [6, 6.07) is 5.28. The summed E-state index contributed by atoms with van der Waals surface area (Å²) in [6.07, 6.45) is 7.75. The summed E-state index contributed by atoms with van der Waals surface area (Å²) in [5.41, 5.74) is 1.96. The monoisotopic (exact) mass is 460 g/mol. The summed E-state index contributed by atoms with van der Waals surface area (Å²) >= 11 is 0. The molecule has 4 aromatic heterocycles. The van der Waals surface area contributed by atoms with Crippen molar-refractivity contribution in [2.24, 2.45) is 0 Å². The first-order valence-corrected chi connectivity index (χ1v) is 11.5. The van der Waals surface area contributed by atoms with Crippen molar-refractivity contribution in [3.05, 3.63) is 70.1 Å². The van der Waals surface area contributed by atoms with Crippen LogP contribution in [0.3, 0.4) is 0 Å². The molecular weight excluding hydrogens is 432 g/mol. The highest BCUT2D eigenvalue weighted by atomic mass is 16.2. The molecule has 0 aromatic carbocycles. The molecule has 1 N–H and O–H groups in total. The van der Waals surface area contributed by atoms with Gasteiger partial charge in [0.2, 0.25) is 0 Å². The predicted molar refractivity (Wildman–Crippen MR) is 128 cm³/mol. The van der Waals surface area contributed by atoms with E-state index in [0.29, 0.717) is 49.3 Å². The van der Waals surface area contributed by atoms with E-state index >= 15 is 0 Å². The topological polar surface area (TPSA) is 105 Å². The first-order valence-electron chi connectivity index (χ1n) is 11.5. The zero-order chi connectivity index (χ0) is 23.8. The van der Waals surface area contributed by atoms with Gasteiger partial charge in [-0.2, -0.15) is 0 Å². The van der Waals surface area contributed by atoms with Crippen molar-refractivity contribution in [1.29, 1.82) is 5.41 Å². The van der Waals surface area contributed by atoms with Crippen LogP contribution in [0.25, 0.3) is 16.7 Å². The molecule has 34 heavy (non-hydrogen) atoms. The van der Waals surface area contributed by atoms with E-state index in [1.54, 1.807) is 34.3 Å². The SMILES string of the molecule is Cc1cccn2c(=O)c3cc(C(=O)N4CCN(C)CC4)c(=N)n(CCCn4ccnc4)c3nc12. The standard InChI is InChI=1S/C24H28N8O2/c1-17-5-3-8-32-21(17)27-22-19(24(32)34)15-18(23(33)30-13-11-28(2)12-14-30)20(25)31(22)9-4-7-29-10-6-26-16-29/h3,5-6,8,10,15-16,25H,4,7,9,11-14H2,1-2H3. The number of hydrogen-bond donors (Lipinski definition) is 1. The van der Waals surface area contributed by atoms with Crippen LogP contribution in [0.1, 0.15) is 22.3 Å². The Morgan fingerprint density at radius 1 is 1.12 bits per heavy atom. The largest absolute Gasteiger partial charge is 0.337 e. The third-order valence-electron chi connectivity index (χ3n) is 6.51. The summed E-state index contributed by atoms with van der Waals surface area (Å²) in [5.74, 6) is -0.211. The van der Waals surface area contributed by atoms with Gasteiger partial charge in [-0.15, -0.1) is 0 Å². The lowest BCUT2D eigenvalue weighted by atomic mass is 10.1. The first kappa shape index (κ1) is 22.0. The maximum absolute atomic E-state index is 13.5. The van der Waals surface area contributed by atoms with E-state index in [1.807, 2.05) is 36.9 Å². The number of rotatable bonds is 5. The van der Waals surface area contributed by atoms with E-state index < -0.39 is 0 Å². The van der Waals surface area contributed by atoms with Crippen LogP contribution in [0.2, 0.25) is 0 Å². The Hall–Kier alpha value is -3.79. The normalized spacial score (nSPS) is 14.8. The minimum atomic E-state index is -0.237. The minimum absolute atomic E-state index is 0.0897. The summed E-state index contributed by atoms with van der Waals surface area (Å²) in [7, 11) is 2.03. The molecule has 5 heterocycles. The van der Waals surface area contributed by atoms with Crippen LogP contribution in [0.15, 0.2) is 47.9 Å². The molecule has 4 aromatic rings. The van der Waals surface area contributed by atoms with Gasteiger partial charge in [0.05, 0.1) is 17.3 Å². The average molecular weight is 461 g/mol. The third kappa shape index (κ3) is 3.90. The zero-order valence-corrected chi connectivity index (χ0v) is 19.4. The van der Waals surface area contributed by atoms with E-state index in [0.717, 1.165) is 18.7 Å². The Balaban J connectivity index is 1.65. The molecule has 1 saturated heterocycles. The fourth-order valence-corrected chi connectivity index (χ4v) is 4.49. The Morgan fingerprint density at radius 2 is 1.91 bits per heavy atom. The molecule has 5 rings (SSSR count). The van der Waals surface area contributed by atoms with Crippen LogP contribution >= 0.6 is 0 Å². The summed E-state index contributed by atoms with van der Waals surface area (Å²) in [4.78, 5) is 39.7. The molecule has 0 spiro atoms. The maximum Gasteiger partial charge on any atom is 0.267 e. The highest BCUT2D eigenvalue weighted by Gasteiger charge is 2.24. The lowest BCUT2D eigenvalue weighted by Gasteiger charge is -2.32. The van der Waals surface area contributed by atoms with E-state index in [4.69, 9.17) is 10.4 Å². The van der Waals surface area contributed by atoms with E-state index in [2.05, 4.69) is 9.88 Å². The minimum Gasteiger partial charge on any atom is -0.337 e. The number of aromatic nitrogens is 5. The molecule has 10 nitrogen and oxygen atoms in total. The number of amides is 1. The zero-order valence-electron chi connectivity index (χ0n) is 19.4. The van der Waals surface area contributed by atoms with Crippen LogP contribution in [-0.4, -0.2) is 72.4 Å². The second-order valence-corrected chi connectivity index (χ2v) is 8.85. The number of nitrogens with one attached hydrogen (secondary N) is 1. The van der Waals surface area contributed by atoms with E-state index in [-0.39, 0.29) is 22.5 Å². The van der Waals surface area contributed by atoms with E-state index in [9.17, 15) is 9.59 Å². The molecular formula is C24H28N8O2. The van der Waals surface area contributed by atoms with Gasteiger partial charge in [-0.3, -0.25) is 19.4 Å². The van der Waals surface area contributed by atoms with Crippen molar-refractivity contribution >= 4 is 22.6 Å². The predicted octanol–water partition coefficient (Wildman–Crippen LogP) is 1.11. The molecule has 0 radical (unpaired) electrons. The number of piperazine rings is 1. The van der Waals surface area contributed by atoms with Crippen LogP contribution in [-0.2, 0) is 13.1 Å². The number of imidazole rings is 1. The molecule has 1 aliphatic heterocycles. The fraction of sp³-hybridized carbons (Fsp3) is 0.375. The number of carbonyl (C=O) groups excluding carboxylic acids is 1. The van der Waals surface area contributed by atoms with Crippen LogP contribution in [0, 0.1) is 12.3 Å². The van der Waals surface area contributed by atoms with Gasteiger partial charge in [0, 0.05) is 57.9 Å². The number of carbonyl (C=O) groups is 1. The van der Waals surface area contributed by atoms with Crippen molar-refractivity contribution in [3.63, 3.8) is 0 Å². The fourth-order valence-electron chi connectivity index (χ4n) is 4.49. The number of likely N-dealkylation sites (N-methyl/N-ethyl adjacent to an activating group) is 1. The molecule has 1 aliphatic rings. The van der Waals surface area contributed by atoms with E-state index in [1.165, 1.54) is 4.40 Å². The van der Waals surface area contributed by atoms with Crippen molar-refractivity contribution < 1.29 is 4.79 Å². The summed E-state index contributed by atoms with van der Waals surface area (Å²) in [6.45, 7) is 5.83. The number of fused-ring (bicyclic) bond motifs is 2. The van der Waals surface area contributed by atoms with Crippen molar-refractivity contribution in [2.45, 2.75) is 26.4 Å². The van der Waals surface area contributed by atoms with Crippen molar-refractivity contribution in [3.8, 4) is 0 Å². The highest BCUT2D eigenvalue weighted by Crippen LogP contribution is 2.15. The molecule has 0 saturated carbocycles. The van der Waals surface area contributed by atoms with Gasteiger partial charge < -0.3 is 18.9 Å². The van der Waals surface area contributed by atoms with Gasteiger partial charge in [0.1, 0.15) is 16.8 Å². The quantitative estimate of drug-likeness (QED) is 0.450. The number of aryl methyl sites for hydroxylation is 3. The maximum atomic E-state index is 13.5. The Morgan fingerprint density at radius 3 is 2.65 bits per heavy atom. The highest BCUT2D eigenvalue weighted by molar-refractivity contribution is 5.97. The number of pyridine rings is 2. The molecule has 1 amide bonds. The molecule has 10 heteroatoms. The Labute approximate surface area is 196 Å². The smallest absolute Gasteiger partial charge is 0.267 e. The molecule has 0 atom stereocenters.